The van der Waals surface area contributed by atoms with Crippen LogP contribution < -0.4 is 5.32 Å². The fraction of sp³-hybridized carbons (Fsp3) is 0.846. The Bertz CT molecular complexity index is 202. The van der Waals surface area contributed by atoms with Crippen molar-refractivity contribution in [3.8, 4) is 0 Å². The molecule has 0 aromatic carbocycles. The molecule has 0 unspecified atom stereocenters. The molecule has 0 aromatic rings. The SMILES string of the molecule is CCCCCCCCNC(=O)CC(=O)CC. The van der Waals surface area contributed by atoms with E-state index >= 15 is 0 Å². The highest BCUT2D eigenvalue weighted by molar-refractivity contribution is 5.97. The highest BCUT2D eigenvalue weighted by Gasteiger charge is 2.05. The Morgan fingerprint density at radius 2 is 1.56 bits per heavy atom. The number of hydrogen-bond acceptors (Lipinski definition) is 2. The third-order valence-corrected chi connectivity index (χ3v) is 2.60. The Kier molecular flexibility index (Phi) is 10.1. The van der Waals surface area contributed by atoms with E-state index < -0.39 is 0 Å². The van der Waals surface area contributed by atoms with Crippen LogP contribution in [0.4, 0.5) is 0 Å². The summed E-state index contributed by atoms with van der Waals surface area (Å²) < 4.78 is 0. The number of Topliss-reactive ketones (excluding diaryl/α,β-unsaturated/α-hetero) is 1. The number of rotatable bonds is 10. The second-order valence-electron chi connectivity index (χ2n) is 4.19. The first-order valence-corrected chi connectivity index (χ1v) is 6.49. The fourth-order valence-electron chi connectivity index (χ4n) is 1.50. The molecule has 1 amide bonds. The molecule has 0 saturated carbocycles. The minimum absolute atomic E-state index is 0.0143. The maximum absolute atomic E-state index is 11.2. The lowest BCUT2D eigenvalue weighted by Crippen LogP contribution is -2.26. The third-order valence-electron chi connectivity index (χ3n) is 2.60. The molecule has 0 rings (SSSR count). The van der Waals surface area contributed by atoms with Crippen molar-refractivity contribution in [3.63, 3.8) is 0 Å². The van der Waals surface area contributed by atoms with E-state index in [1.54, 1.807) is 6.92 Å². The van der Waals surface area contributed by atoms with Gasteiger partial charge in [0.05, 0.1) is 6.42 Å². The molecule has 1 N–H and O–H groups in total. The minimum atomic E-state index is -0.125. The van der Waals surface area contributed by atoms with Crippen molar-refractivity contribution in [3.05, 3.63) is 0 Å². The summed E-state index contributed by atoms with van der Waals surface area (Å²) in [5.74, 6) is -0.110. The van der Waals surface area contributed by atoms with Crippen LogP contribution in [0.2, 0.25) is 0 Å². The van der Waals surface area contributed by atoms with Crippen LogP contribution in [0.3, 0.4) is 0 Å². The number of carbonyl (C=O) groups excluding carboxylic acids is 2. The van der Waals surface area contributed by atoms with Crippen molar-refractivity contribution in [2.24, 2.45) is 0 Å². The van der Waals surface area contributed by atoms with E-state index in [-0.39, 0.29) is 18.1 Å². The van der Waals surface area contributed by atoms with Gasteiger partial charge in [0.15, 0.2) is 0 Å². The zero-order valence-corrected chi connectivity index (χ0v) is 10.7. The van der Waals surface area contributed by atoms with Crippen LogP contribution in [0.25, 0.3) is 0 Å². The van der Waals surface area contributed by atoms with Gasteiger partial charge in [0.2, 0.25) is 5.91 Å². The number of hydrogen-bond donors (Lipinski definition) is 1. The van der Waals surface area contributed by atoms with E-state index in [0.717, 1.165) is 6.42 Å². The number of amides is 1. The molecule has 0 bridgehead atoms. The van der Waals surface area contributed by atoms with Gasteiger partial charge in [-0.15, -0.1) is 0 Å². The summed E-state index contributed by atoms with van der Waals surface area (Å²) >= 11 is 0. The molecule has 0 radical (unpaired) electrons. The first kappa shape index (κ1) is 15.1. The van der Waals surface area contributed by atoms with E-state index in [2.05, 4.69) is 12.2 Å². The molecular formula is C13H25NO2. The highest BCUT2D eigenvalue weighted by Crippen LogP contribution is 2.04. The van der Waals surface area contributed by atoms with E-state index in [1.807, 2.05) is 0 Å². The van der Waals surface area contributed by atoms with Gasteiger partial charge in [0, 0.05) is 13.0 Å². The van der Waals surface area contributed by atoms with Gasteiger partial charge in [-0.05, 0) is 6.42 Å². The second kappa shape index (κ2) is 10.7. The first-order valence-electron chi connectivity index (χ1n) is 6.49. The molecule has 0 aromatic heterocycles. The normalized spacial score (nSPS) is 10.1. The molecule has 16 heavy (non-hydrogen) atoms. The smallest absolute Gasteiger partial charge is 0.227 e. The zero-order valence-electron chi connectivity index (χ0n) is 10.7. The molecule has 0 atom stereocenters. The van der Waals surface area contributed by atoms with Gasteiger partial charge >= 0.3 is 0 Å². The molecule has 3 heteroatoms. The van der Waals surface area contributed by atoms with Crippen molar-refractivity contribution >= 4 is 11.7 Å². The van der Waals surface area contributed by atoms with Gasteiger partial charge in [-0.2, -0.15) is 0 Å². The fourth-order valence-corrected chi connectivity index (χ4v) is 1.50. The van der Waals surface area contributed by atoms with Crippen molar-refractivity contribution in [1.82, 2.24) is 5.32 Å². The van der Waals surface area contributed by atoms with Crippen molar-refractivity contribution < 1.29 is 9.59 Å². The largest absolute Gasteiger partial charge is 0.356 e. The van der Waals surface area contributed by atoms with Crippen molar-refractivity contribution in [2.45, 2.75) is 65.2 Å². The Morgan fingerprint density at radius 1 is 0.938 bits per heavy atom. The lowest BCUT2D eigenvalue weighted by Gasteiger charge is -2.04. The summed E-state index contributed by atoms with van der Waals surface area (Å²) in [5.41, 5.74) is 0. The van der Waals surface area contributed by atoms with E-state index in [4.69, 9.17) is 0 Å². The first-order chi connectivity index (χ1) is 7.70. The summed E-state index contributed by atoms with van der Waals surface area (Å²) in [6, 6.07) is 0. The van der Waals surface area contributed by atoms with Gasteiger partial charge in [-0.25, -0.2) is 0 Å². The number of nitrogens with one attached hydrogen (secondary N) is 1. The molecule has 0 spiro atoms. The highest BCUT2D eigenvalue weighted by atomic mass is 16.2. The Labute approximate surface area is 99.0 Å². The second-order valence-corrected chi connectivity index (χ2v) is 4.19. The summed E-state index contributed by atoms with van der Waals surface area (Å²) in [5, 5.41) is 2.78. The lowest BCUT2D eigenvalue weighted by molar-refractivity contribution is -0.128. The van der Waals surface area contributed by atoms with E-state index in [9.17, 15) is 9.59 Å². The number of ketones is 1. The monoisotopic (exact) mass is 227 g/mol. The molecule has 0 aliphatic carbocycles. The predicted molar refractivity (Wildman–Crippen MR) is 66.3 cm³/mol. The van der Waals surface area contributed by atoms with Gasteiger partial charge in [-0.3, -0.25) is 9.59 Å². The average molecular weight is 227 g/mol. The van der Waals surface area contributed by atoms with Gasteiger partial charge in [0.1, 0.15) is 5.78 Å². The maximum atomic E-state index is 11.2. The number of unbranched alkanes of at least 4 members (excludes halogenated alkanes) is 5. The standard InChI is InChI=1S/C13H25NO2/c1-3-5-6-7-8-9-10-14-13(16)11-12(15)4-2/h3-11H2,1-2H3,(H,14,16). The van der Waals surface area contributed by atoms with Crippen LogP contribution >= 0.6 is 0 Å². The predicted octanol–water partition coefficient (Wildman–Crippen LogP) is 2.83. The van der Waals surface area contributed by atoms with Crippen molar-refractivity contribution in [2.75, 3.05) is 6.54 Å². The van der Waals surface area contributed by atoms with Crippen LogP contribution in [-0.4, -0.2) is 18.2 Å². The summed E-state index contributed by atoms with van der Waals surface area (Å²) in [7, 11) is 0. The number of carbonyl (C=O) groups is 2. The van der Waals surface area contributed by atoms with Gasteiger partial charge < -0.3 is 5.32 Å². The van der Waals surface area contributed by atoms with Crippen LogP contribution in [0, 0.1) is 0 Å². The molecule has 3 nitrogen and oxygen atoms in total. The van der Waals surface area contributed by atoms with E-state index in [0.29, 0.717) is 13.0 Å². The van der Waals surface area contributed by atoms with Crippen LogP contribution in [0.1, 0.15) is 65.2 Å². The summed E-state index contributed by atoms with van der Waals surface area (Å²) in [6.45, 7) is 4.69. The minimum Gasteiger partial charge on any atom is -0.356 e. The van der Waals surface area contributed by atoms with Crippen LogP contribution in [0.15, 0.2) is 0 Å². The quantitative estimate of drug-likeness (QED) is 0.461. The molecule has 0 saturated heterocycles. The molecular weight excluding hydrogens is 202 g/mol. The van der Waals surface area contributed by atoms with Gasteiger partial charge in [-0.1, -0.05) is 46.0 Å². The Morgan fingerprint density at radius 3 is 2.19 bits per heavy atom. The van der Waals surface area contributed by atoms with Gasteiger partial charge in [0.25, 0.3) is 0 Å². The zero-order chi connectivity index (χ0) is 12.2. The third kappa shape index (κ3) is 9.69. The Hall–Kier alpha value is -0.860. The summed E-state index contributed by atoms with van der Waals surface area (Å²) in [6.07, 6.45) is 7.79. The topological polar surface area (TPSA) is 46.2 Å². The molecule has 0 aliphatic heterocycles. The molecule has 0 fully saturated rings. The maximum Gasteiger partial charge on any atom is 0.227 e. The molecule has 0 heterocycles. The molecule has 0 aliphatic rings. The Balaban J connectivity index is 3.24. The summed E-state index contributed by atoms with van der Waals surface area (Å²) in [4.78, 5) is 22.2. The average Bonchev–Trinajstić information content (AvgIpc) is 2.27. The van der Waals surface area contributed by atoms with Crippen molar-refractivity contribution in [1.29, 1.82) is 0 Å². The molecule has 94 valence electrons. The lowest BCUT2D eigenvalue weighted by atomic mass is 10.1. The van der Waals surface area contributed by atoms with Crippen LogP contribution in [0.5, 0.6) is 0 Å². The van der Waals surface area contributed by atoms with Crippen LogP contribution in [-0.2, 0) is 9.59 Å². The van der Waals surface area contributed by atoms with E-state index in [1.165, 1.54) is 32.1 Å².